The number of carbonyl (C=O) groups is 2. The van der Waals surface area contributed by atoms with Crippen molar-refractivity contribution in [2.24, 2.45) is 0 Å². The second kappa shape index (κ2) is 6.26. The maximum atomic E-state index is 11.3. The van der Waals surface area contributed by atoms with Crippen molar-refractivity contribution >= 4 is 22.7 Å². The molecule has 0 spiro atoms. The lowest BCUT2D eigenvalue weighted by Gasteiger charge is -2.14. The molecule has 2 aromatic carbocycles. The minimum Gasteiger partial charge on any atom is -0.490 e. The van der Waals surface area contributed by atoms with Gasteiger partial charge in [-0.05, 0) is 36.4 Å². The number of hydrogen-bond acceptors (Lipinski definition) is 4. The van der Waals surface area contributed by atoms with Gasteiger partial charge in [0.25, 0.3) is 0 Å². The molecule has 23 heavy (non-hydrogen) atoms. The third-order valence-electron chi connectivity index (χ3n) is 3.89. The second-order valence-electron chi connectivity index (χ2n) is 5.43. The van der Waals surface area contributed by atoms with E-state index in [0.29, 0.717) is 23.1 Å². The van der Waals surface area contributed by atoms with Crippen LogP contribution < -0.4 is 4.74 Å². The summed E-state index contributed by atoms with van der Waals surface area (Å²) in [6.07, 6.45) is 1.99. The SMILES string of the molecule is O=C(O)c1cc2cccc(OCC3CCCO3)c2cc1C(=O)O. The normalized spacial score (nSPS) is 17.3. The largest absolute Gasteiger partial charge is 0.490 e. The lowest BCUT2D eigenvalue weighted by molar-refractivity contribution is 0.0651. The molecule has 6 heteroatoms. The first-order valence-corrected chi connectivity index (χ1v) is 7.34. The van der Waals surface area contributed by atoms with Crippen LogP contribution in [0.4, 0.5) is 0 Å². The Morgan fingerprint density at radius 2 is 1.91 bits per heavy atom. The maximum absolute atomic E-state index is 11.3. The first-order valence-electron chi connectivity index (χ1n) is 7.34. The van der Waals surface area contributed by atoms with E-state index in [4.69, 9.17) is 9.47 Å². The van der Waals surface area contributed by atoms with Gasteiger partial charge in [0.15, 0.2) is 0 Å². The molecule has 120 valence electrons. The minimum absolute atomic E-state index is 0.0440. The maximum Gasteiger partial charge on any atom is 0.336 e. The van der Waals surface area contributed by atoms with Crippen LogP contribution in [0, 0.1) is 0 Å². The van der Waals surface area contributed by atoms with Crippen LogP contribution in [0.1, 0.15) is 33.6 Å². The Labute approximate surface area is 132 Å². The molecule has 0 aliphatic carbocycles. The molecular weight excluding hydrogens is 300 g/mol. The number of benzene rings is 2. The Balaban J connectivity index is 2.00. The Hall–Kier alpha value is -2.60. The fourth-order valence-electron chi connectivity index (χ4n) is 2.73. The van der Waals surface area contributed by atoms with Gasteiger partial charge in [0.05, 0.1) is 17.2 Å². The number of carboxylic acids is 2. The number of rotatable bonds is 5. The highest BCUT2D eigenvalue weighted by molar-refractivity contribution is 6.07. The van der Waals surface area contributed by atoms with E-state index in [1.807, 2.05) is 0 Å². The van der Waals surface area contributed by atoms with Crippen LogP contribution in [0.15, 0.2) is 30.3 Å². The van der Waals surface area contributed by atoms with Crippen LogP contribution in [0.25, 0.3) is 10.8 Å². The number of fused-ring (bicyclic) bond motifs is 1. The molecule has 1 atom stereocenters. The van der Waals surface area contributed by atoms with Crippen LogP contribution in [0.2, 0.25) is 0 Å². The Morgan fingerprint density at radius 1 is 1.17 bits per heavy atom. The topological polar surface area (TPSA) is 93.1 Å². The number of aromatic carboxylic acids is 2. The third-order valence-corrected chi connectivity index (χ3v) is 3.89. The zero-order valence-electron chi connectivity index (χ0n) is 12.3. The molecule has 3 rings (SSSR count). The Bertz CT molecular complexity index is 761. The van der Waals surface area contributed by atoms with E-state index in [1.54, 1.807) is 18.2 Å². The first-order chi connectivity index (χ1) is 11.1. The number of carboxylic acid groups (broad SMARTS) is 2. The van der Waals surface area contributed by atoms with Crippen molar-refractivity contribution < 1.29 is 29.3 Å². The van der Waals surface area contributed by atoms with Crippen molar-refractivity contribution in [3.05, 3.63) is 41.5 Å². The van der Waals surface area contributed by atoms with Gasteiger partial charge < -0.3 is 19.7 Å². The lowest BCUT2D eigenvalue weighted by Crippen LogP contribution is -2.16. The predicted octanol–water partition coefficient (Wildman–Crippen LogP) is 2.79. The van der Waals surface area contributed by atoms with E-state index in [1.165, 1.54) is 12.1 Å². The summed E-state index contributed by atoms with van der Waals surface area (Å²) >= 11 is 0. The fraction of sp³-hybridized carbons (Fsp3) is 0.294. The molecule has 0 amide bonds. The zero-order chi connectivity index (χ0) is 16.4. The van der Waals surface area contributed by atoms with Crippen molar-refractivity contribution in [1.29, 1.82) is 0 Å². The molecule has 6 nitrogen and oxygen atoms in total. The molecular formula is C17H16O6. The lowest BCUT2D eigenvalue weighted by atomic mass is 10.0. The van der Waals surface area contributed by atoms with Gasteiger partial charge in [-0.2, -0.15) is 0 Å². The summed E-state index contributed by atoms with van der Waals surface area (Å²) in [5.41, 5.74) is -0.487. The summed E-state index contributed by atoms with van der Waals surface area (Å²) in [4.78, 5) is 22.6. The van der Waals surface area contributed by atoms with Gasteiger partial charge in [-0.25, -0.2) is 9.59 Å². The molecule has 1 unspecified atom stereocenters. The third kappa shape index (κ3) is 3.12. The van der Waals surface area contributed by atoms with Gasteiger partial charge in [-0.1, -0.05) is 12.1 Å². The quantitative estimate of drug-likeness (QED) is 0.881. The molecule has 0 saturated carbocycles. The van der Waals surface area contributed by atoms with Crippen molar-refractivity contribution in [3.8, 4) is 5.75 Å². The molecule has 0 aromatic heterocycles. The summed E-state index contributed by atoms with van der Waals surface area (Å²) in [5, 5.41) is 19.6. The fourth-order valence-corrected chi connectivity index (χ4v) is 2.73. The van der Waals surface area contributed by atoms with Crippen LogP contribution >= 0.6 is 0 Å². The monoisotopic (exact) mass is 316 g/mol. The van der Waals surface area contributed by atoms with Crippen molar-refractivity contribution in [2.45, 2.75) is 18.9 Å². The molecule has 2 N–H and O–H groups in total. The van der Waals surface area contributed by atoms with E-state index in [0.717, 1.165) is 19.4 Å². The highest BCUT2D eigenvalue weighted by Gasteiger charge is 2.20. The summed E-state index contributed by atoms with van der Waals surface area (Å²) < 4.78 is 11.3. The highest BCUT2D eigenvalue weighted by atomic mass is 16.5. The average Bonchev–Trinajstić information content (AvgIpc) is 3.04. The smallest absolute Gasteiger partial charge is 0.336 e. The summed E-state index contributed by atoms with van der Waals surface area (Å²) in [5.74, 6) is -2.02. The minimum atomic E-state index is -1.28. The van der Waals surface area contributed by atoms with E-state index >= 15 is 0 Å². The Kier molecular flexibility index (Phi) is 4.16. The van der Waals surface area contributed by atoms with E-state index in [9.17, 15) is 19.8 Å². The molecule has 1 fully saturated rings. The summed E-state index contributed by atoms with van der Waals surface area (Å²) in [6.45, 7) is 1.12. The van der Waals surface area contributed by atoms with Gasteiger partial charge in [0.1, 0.15) is 12.4 Å². The van der Waals surface area contributed by atoms with Gasteiger partial charge in [-0.15, -0.1) is 0 Å². The van der Waals surface area contributed by atoms with Crippen molar-refractivity contribution in [2.75, 3.05) is 13.2 Å². The van der Waals surface area contributed by atoms with Gasteiger partial charge >= 0.3 is 11.9 Å². The van der Waals surface area contributed by atoms with Gasteiger partial charge in [0, 0.05) is 12.0 Å². The van der Waals surface area contributed by atoms with Gasteiger partial charge in [-0.3, -0.25) is 0 Å². The second-order valence-corrected chi connectivity index (χ2v) is 5.43. The van der Waals surface area contributed by atoms with Crippen LogP contribution in [-0.4, -0.2) is 41.5 Å². The summed E-state index contributed by atoms with van der Waals surface area (Å²) in [7, 11) is 0. The molecule has 1 aliphatic rings. The van der Waals surface area contributed by atoms with E-state index < -0.39 is 11.9 Å². The first kappa shape index (κ1) is 15.3. The molecule has 2 aromatic rings. The van der Waals surface area contributed by atoms with E-state index in [-0.39, 0.29) is 17.2 Å². The van der Waals surface area contributed by atoms with Crippen LogP contribution in [-0.2, 0) is 4.74 Å². The number of hydrogen-bond donors (Lipinski definition) is 2. The van der Waals surface area contributed by atoms with Crippen molar-refractivity contribution in [1.82, 2.24) is 0 Å². The highest BCUT2D eigenvalue weighted by Crippen LogP contribution is 2.29. The molecule has 1 saturated heterocycles. The molecule has 0 radical (unpaired) electrons. The van der Waals surface area contributed by atoms with Crippen LogP contribution in [0.3, 0.4) is 0 Å². The predicted molar refractivity (Wildman–Crippen MR) is 82.3 cm³/mol. The molecule has 1 aliphatic heterocycles. The van der Waals surface area contributed by atoms with Crippen molar-refractivity contribution in [3.63, 3.8) is 0 Å². The standard InChI is InChI=1S/C17H16O6/c18-16(19)13-7-10-3-1-5-15(12(10)8-14(13)17(20)21)23-9-11-4-2-6-22-11/h1,3,5,7-8,11H,2,4,6,9H2,(H,18,19)(H,20,21). The zero-order valence-corrected chi connectivity index (χ0v) is 12.3. The Morgan fingerprint density at radius 3 is 2.57 bits per heavy atom. The average molecular weight is 316 g/mol. The van der Waals surface area contributed by atoms with Crippen LogP contribution in [0.5, 0.6) is 5.75 Å². The molecule has 1 heterocycles. The molecule has 0 bridgehead atoms. The number of ether oxygens (including phenoxy) is 2. The van der Waals surface area contributed by atoms with E-state index in [2.05, 4.69) is 0 Å². The van der Waals surface area contributed by atoms with Gasteiger partial charge in [0.2, 0.25) is 0 Å². The summed E-state index contributed by atoms with van der Waals surface area (Å²) in [6, 6.07) is 7.93.